The monoisotopic (exact) mass is 563 g/mol. The van der Waals surface area contributed by atoms with Crippen LogP contribution in [0.4, 0.5) is 0 Å². The number of rotatable bonds is 12. The van der Waals surface area contributed by atoms with Gasteiger partial charge in [0, 0.05) is 23.5 Å². The van der Waals surface area contributed by atoms with Gasteiger partial charge in [-0.1, -0.05) is 49.6 Å². The highest BCUT2D eigenvalue weighted by Crippen LogP contribution is 2.21. The predicted molar refractivity (Wildman–Crippen MR) is 126 cm³/mol. The second-order valence-corrected chi connectivity index (χ2v) is 8.55. The molecule has 1 unspecified atom stereocenters. The number of allylic oxidation sites excluding steroid dienone is 2. The molecule has 3 amide bonds. The smallest absolute Gasteiger partial charge is 0.305 e. The van der Waals surface area contributed by atoms with E-state index in [2.05, 4.69) is 58.6 Å². The number of unbranched alkanes of at least 4 members (excludes halogenated alkanes) is 1. The average molecular weight is 565 g/mol. The summed E-state index contributed by atoms with van der Waals surface area (Å²) in [6.07, 6.45) is 6.31. The van der Waals surface area contributed by atoms with Crippen LogP contribution in [-0.2, 0) is 23.9 Å². The standard InChI is InChI=1S/C21H31Br2N3O5/c1-13(24-18(27)6-4-5-7-19(28)31-3)20(29)25-14(2)21(30)26-17-9-15(11-22)8-16(10-17)12-23/h8-9,13-14,17H,4-7,10-12H2,1-3H3,(H,24,27)(H,25,29)(H,26,30)/t13-,14-,17?/m0/s1. The molecule has 3 N–H and O–H groups in total. The van der Waals surface area contributed by atoms with Crippen molar-refractivity contribution >= 4 is 55.6 Å². The normalized spacial score (nSPS) is 17.5. The molecule has 0 radical (unpaired) electrons. The van der Waals surface area contributed by atoms with Gasteiger partial charge in [-0.25, -0.2) is 0 Å². The predicted octanol–water partition coefficient (Wildman–Crippen LogP) is 2.26. The fourth-order valence-corrected chi connectivity index (χ4v) is 3.73. The second-order valence-electron chi connectivity index (χ2n) is 7.43. The lowest BCUT2D eigenvalue weighted by atomic mass is 9.97. The number of methoxy groups -OCH3 is 1. The van der Waals surface area contributed by atoms with E-state index in [4.69, 9.17) is 0 Å². The molecular weight excluding hydrogens is 534 g/mol. The summed E-state index contributed by atoms with van der Waals surface area (Å²) in [4.78, 5) is 47.9. The fourth-order valence-electron chi connectivity index (χ4n) is 2.99. The number of ether oxygens (including phenoxy) is 1. The highest BCUT2D eigenvalue weighted by molar-refractivity contribution is 9.09. The molecule has 0 saturated carbocycles. The molecule has 0 aromatic rings. The van der Waals surface area contributed by atoms with E-state index < -0.39 is 18.0 Å². The second kappa shape index (κ2) is 14.4. The minimum Gasteiger partial charge on any atom is -0.469 e. The number of nitrogens with one attached hydrogen (secondary N) is 3. The van der Waals surface area contributed by atoms with Crippen LogP contribution in [0, 0.1) is 0 Å². The zero-order chi connectivity index (χ0) is 23.4. The third-order valence-electron chi connectivity index (χ3n) is 4.73. The van der Waals surface area contributed by atoms with Crippen LogP contribution >= 0.6 is 31.9 Å². The third kappa shape index (κ3) is 10.5. The Morgan fingerprint density at radius 2 is 1.68 bits per heavy atom. The van der Waals surface area contributed by atoms with Crippen molar-refractivity contribution in [2.75, 3.05) is 17.8 Å². The molecule has 3 atom stereocenters. The molecule has 0 fully saturated rings. The summed E-state index contributed by atoms with van der Waals surface area (Å²) in [6, 6.07) is -1.66. The van der Waals surface area contributed by atoms with Crippen molar-refractivity contribution in [2.24, 2.45) is 0 Å². The molecule has 31 heavy (non-hydrogen) atoms. The highest BCUT2D eigenvalue weighted by atomic mass is 79.9. The van der Waals surface area contributed by atoms with Crippen LogP contribution in [-0.4, -0.2) is 59.6 Å². The number of amides is 3. The van der Waals surface area contributed by atoms with Crippen LogP contribution in [0.1, 0.15) is 46.0 Å². The van der Waals surface area contributed by atoms with Crippen LogP contribution in [0.25, 0.3) is 0 Å². The Kier molecular flexibility index (Phi) is 12.7. The van der Waals surface area contributed by atoms with Crippen molar-refractivity contribution in [3.05, 3.63) is 23.3 Å². The summed E-state index contributed by atoms with van der Waals surface area (Å²) in [6.45, 7) is 3.17. The lowest BCUT2D eigenvalue weighted by Crippen LogP contribution is -2.53. The molecule has 0 bridgehead atoms. The molecule has 1 aliphatic rings. The molecule has 1 aliphatic carbocycles. The van der Waals surface area contributed by atoms with Crippen molar-refractivity contribution in [3.63, 3.8) is 0 Å². The third-order valence-corrected chi connectivity index (χ3v) is 6.09. The van der Waals surface area contributed by atoms with Crippen molar-refractivity contribution in [1.29, 1.82) is 0 Å². The largest absolute Gasteiger partial charge is 0.469 e. The molecule has 0 saturated heterocycles. The first-order valence-corrected chi connectivity index (χ1v) is 12.4. The maximum atomic E-state index is 12.5. The number of carbonyl (C=O) groups excluding carboxylic acids is 4. The highest BCUT2D eigenvalue weighted by Gasteiger charge is 2.23. The van der Waals surface area contributed by atoms with E-state index in [1.807, 2.05) is 6.08 Å². The first-order chi connectivity index (χ1) is 14.7. The maximum Gasteiger partial charge on any atom is 0.305 e. The lowest BCUT2D eigenvalue weighted by Gasteiger charge is -2.24. The molecule has 10 heteroatoms. The van der Waals surface area contributed by atoms with E-state index in [1.165, 1.54) is 12.7 Å². The van der Waals surface area contributed by atoms with E-state index in [0.717, 1.165) is 10.9 Å². The maximum absolute atomic E-state index is 12.5. The molecule has 0 aliphatic heterocycles. The molecule has 0 spiro atoms. The molecular formula is C21H31Br2N3O5. The van der Waals surface area contributed by atoms with Crippen LogP contribution in [0.15, 0.2) is 23.3 Å². The van der Waals surface area contributed by atoms with Gasteiger partial charge in [0.1, 0.15) is 12.1 Å². The first kappa shape index (κ1) is 27.4. The Morgan fingerprint density at radius 1 is 1.03 bits per heavy atom. The van der Waals surface area contributed by atoms with Gasteiger partial charge in [0.25, 0.3) is 0 Å². The molecule has 174 valence electrons. The molecule has 0 heterocycles. The van der Waals surface area contributed by atoms with Gasteiger partial charge in [-0.15, -0.1) is 0 Å². The topological polar surface area (TPSA) is 114 Å². The number of carbonyl (C=O) groups is 4. The molecule has 0 aromatic carbocycles. The minimum absolute atomic E-state index is 0.140. The Hall–Kier alpha value is -1.68. The summed E-state index contributed by atoms with van der Waals surface area (Å²) < 4.78 is 4.54. The first-order valence-electron chi connectivity index (χ1n) is 10.2. The van der Waals surface area contributed by atoms with E-state index in [-0.39, 0.29) is 36.7 Å². The van der Waals surface area contributed by atoms with Gasteiger partial charge in [0.05, 0.1) is 13.2 Å². The van der Waals surface area contributed by atoms with Crippen LogP contribution in [0.5, 0.6) is 0 Å². The summed E-state index contributed by atoms with van der Waals surface area (Å²) in [7, 11) is 1.32. The number of hydrogen-bond donors (Lipinski definition) is 3. The lowest BCUT2D eigenvalue weighted by molar-refractivity contribution is -0.140. The number of alkyl halides is 2. The van der Waals surface area contributed by atoms with Crippen molar-refractivity contribution < 1.29 is 23.9 Å². The van der Waals surface area contributed by atoms with E-state index in [1.54, 1.807) is 13.8 Å². The minimum atomic E-state index is -0.777. The Balaban J connectivity index is 2.42. The van der Waals surface area contributed by atoms with E-state index >= 15 is 0 Å². The Morgan fingerprint density at radius 3 is 2.29 bits per heavy atom. The molecule has 1 rings (SSSR count). The number of halogens is 2. The summed E-state index contributed by atoms with van der Waals surface area (Å²) in [5.74, 6) is -1.33. The Labute approximate surface area is 200 Å². The van der Waals surface area contributed by atoms with Gasteiger partial charge in [-0.3, -0.25) is 19.2 Å². The SMILES string of the molecule is COC(=O)CCCCC(=O)N[C@@H](C)C(=O)N[C@@H](C)C(=O)NC1C=C(CBr)C=C(CBr)C1. The fraction of sp³-hybridized carbons (Fsp3) is 0.619. The summed E-state index contributed by atoms with van der Waals surface area (Å²) >= 11 is 6.89. The number of hydrogen-bond acceptors (Lipinski definition) is 5. The van der Waals surface area contributed by atoms with Crippen LogP contribution in [0.2, 0.25) is 0 Å². The Bertz CT molecular complexity index is 724. The molecule has 8 nitrogen and oxygen atoms in total. The van der Waals surface area contributed by atoms with Gasteiger partial charge in [0.2, 0.25) is 17.7 Å². The average Bonchev–Trinajstić information content (AvgIpc) is 2.75. The summed E-state index contributed by atoms with van der Waals surface area (Å²) in [5.41, 5.74) is 2.27. The van der Waals surface area contributed by atoms with Crippen molar-refractivity contribution in [2.45, 2.75) is 64.1 Å². The van der Waals surface area contributed by atoms with Gasteiger partial charge in [-0.2, -0.15) is 0 Å². The zero-order valence-electron chi connectivity index (χ0n) is 18.1. The van der Waals surface area contributed by atoms with Gasteiger partial charge in [-0.05, 0) is 38.7 Å². The van der Waals surface area contributed by atoms with E-state index in [0.29, 0.717) is 24.6 Å². The van der Waals surface area contributed by atoms with Gasteiger partial charge < -0.3 is 20.7 Å². The van der Waals surface area contributed by atoms with Gasteiger partial charge >= 0.3 is 5.97 Å². The van der Waals surface area contributed by atoms with Crippen molar-refractivity contribution in [3.8, 4) is 0 Å². The quantitative estimate of drug-likeness (QED) is 0.191. The summed E-state index contributed by atoms with van der Waals surface area (Å²) in [5, 5.41) is 9.61. The number of esters is 1. The van der Waals surface area contributed by atoms with Crippen molar-refractivity contribution in [1.82, 2.24) is 16.0 Å². The molecule has 0 aromatic heterocycles. The van der Waals surface area contributed by atoms with Crippen LogP contribution < -0.4 is 16.0 Å². The van der Waals surface area contributed by atoms with E-state index in [9.17, 15) is 19.2 Å². The zero-order valence-corrected chi connectivity index (χ0v) is 21.3. The van der Waals surface area contributed by atoms with Gasteiger partial charge in [0.15, 0.2) is 0 Å². The van der Waals surface area contributed by atoms with Crippen LogP contribution in [0.3, 0.4) is 0 Å².